The molecule has 2 aromatic rings. The molecule has 2 aromatic carbocycles. The Morgan fingerprint density at radius 2 is 1.76 bits per heavy atom. The number of nitrogens with one attached hydrogen (secondary N) is 3. The Morgan fingerprint density at radius 3 is 2.44 bits per heavy atom. The lowest BCUT2D eigenvalue weighted by Crippen LogP contribution is -2.32. The molecule has 6 nitrogen and oxygen atoms in total. The van der Waals surface area contributed by atoms with Crippen LogP contribution in [0.3, 0.4) is 0 Å². The van der Waals surface area contributed by atoms with Gasteiger partial charge in [0.1, 0.15) is 0 Å². The summed E-state index contributed by atoms with van der Waals surface area (Å²) in [6.45, 7) is 4.05. The van der Waals surface area contributed by atoms with Crippen molar-refractivity contribution < 1.29 is 9.59 Å². The number of hydrogen-bond acceptors (Lipinski definition) is 3. The molecular formula is C19H18N4O2. The number of carbonyl (C=O) groups is 2. The van der Waals surface area contributed by atoms with Gasteiger partial charge in [-0.1, -0.05) is 19.9 Å². The minimum Gasteiger partial charge on any atom is -0.326 e. The zero-order chi connectivity index (χ0) is 18.0. The van der Waals surface area contributed by atoms with Crippen molar-refractivity contribution in [3.8, 4) is 6.07 Å². The third kappa shape index (κ3) is 3.61. The molecule has 3 amide bonds. The topological polar surface area (TPSA) is 94.0 Å². The third-order valence-electron chi connectivity index (χ3n) is 4.16. The lowest BCUT2D eigenvalue weighted by atomic mass is 9.78. The second-order valence-electron chi connectivity index (χ2n) is 6.64. The van der Waals surface area contributed by atoms with Gasteiger partial charge in [0.05, 0.1) is 11.6 Å². The first-order valence-corrected chi connectivity index (χ1v) is 7.90. The average molecular weight is 334 g/mol. The molecule has 0 fully saturated rings. The van der Waals surface area contributed by atoms with Gasteiger partial charge >= 0.3 is 6.03 Å². The number of hydrogen-bond donors (Lipinski definition) is 3. The van der Waals surface area contributed by atoms with Crippen LogP contribution in [-0.4, -0.2) is 11.9 Å². The molecule has 0 aliphatic carbocycles. The van der Waals surface area contributed by atoms with Crippen LogP contribution >= 0.6 is 0 Å². The molecule has 1 aliphatic heterocycles. The summed E-state index contributed by atoms with van der Waals surface area (Å²) < 4.78 is 0. The Balaban J connectivity index is 1.73. The minimum atomic E-state index is -0.397. The van der Waals surface area contributed by atoms with E-state index in [1.165, 1.54) is 0 Å². The maximum atomic E-state index is 12.1. The van der Waals surface area contributed by atoms with Crippen LogP contribution in [0.1, 0.15) is 31.4 Å². The van der Waals surface area contributed by atoms with Crippen LogP contribution in [0.5, 0.6) is 0 Å². The van der Waals surface area contributed by atoms with E-state index in [0.29, 0.717) is 23.4 Å². The molecule has 6 heteroatoms. The summed E-state index contributed by atoms with van der Waals surface area (Å²) in [6, 6.07) is 13.7. The number of benzene rings is 2. The predicted molar refractivity (Wildman–Crippen MR) is 96.5 cm³/mol. The average Bonchev–Trinajstić information content (AvgIpc) is 2.54. The summed E-state index contributed by atoms with van der Waals surface area (Å²) in [5.41, 5.74) is 3.23. The Hall–Kier alpha value is -3.33. The fourth-order valence-electron chi connectivity index (χ4n) is 2.93. The van der Waals surface area contributed by atoms with Crippen molar-refractivity contribution in [2.45, 2.75) is 25.7 Å². The van der Waals surface area contributed by atoms with E-state index < -0.39 is 6.03 Å². The molecular weight excluding hydrogens is 316 g/mol. The van der Waals surface area contributed by atoms with E-state index in [2.05, 4.69) is 16.0 Å². The van der Waals surface area contributed by atoms with Crippen molar-refractivity contribution in [2.75, 3.05) is 16.0 Å². The highest BCUT2D eigenvalue weighted by molar-refractivity contribution is 6.01. The fraction of sp³-hybridized carbons (Fsp3) is 0.211. The maximum absolute atomic E-state index is 12.1. The van der Waals surface area contributed by atoms with Gasteiger partial charge in [-0.15, -0.1) is 0 Å². The molecule has 0 aromatic heterocycles. The molecule has 3 rings (SSSR count). The third-order valence-corrected chi connectivity index (χ3v) is 4.16. The van der Waals surface area contributed by atoms with Crippen LogP contribution in [0.4, 0.5) is 21.9 Å². The largest absolute Gasteiger partial charge is 0.326 e. The summed E-state index contributed by atoms with van der Waals surface area (Å²) >= 11 is 0. The van der Waals surface area contributed by atoms with Gasteiger partial charge in [-0.25, -0.2) is 4.79 Å². The molecule has 3 N–H and O–H groups in total. The Bertz CT molecular complexity index is 879. The Morgan fingerprint density at radius 1 is 1.12 bits per heavy atom. The lowest BCUT2D eigenvalue weighted by Gasteiger charge is -2.32. The van der Waals surface area contributed by atoms with E-state index >= 15 is 0 Å². The highest BCUT2D eigenvalue weighted by Crippen LogP contribution is 2.38. The van der Waals surface area contributed by atoms with Crippen molar-refractivity contribution in [3.63, 3.8) is 0 Å². The lowest BCUT2D eigenvalue weighted by molar-refractivity contribution is -0.117. The number of urea groups is 1. The van der Waals surface area contributed by atoms with Crippen LogP contribution in [0.15, 0.2) is 42.5 Å². The van der Waals surface area contributed by atoms with E-state index in [-0.39, 0.29) is 11.3 Å². The van der Waals surface area contributed by atoms with Crippen LogP contribution in [0.2, 0.25) is 0 Å². The molecule has 0 atom stereocenters. The van der Waals surface area contributed by atoms with Crippen molar-refractivity contribution in [1.29, 1.82) is 5.26 Å². The molecule has 126 valence electrons. The van der Waals surface area contributed by atoms with Crippen molar-refractivity contribution in [3.05, 3.63) is 53.6 Å². The zero-order valence-corrected chi connectivity index (χ0v) is 14.0. The molecule has 0 unspecified atom stereocenters. The smallest absolute Gasteiger partial charge is 0.323 e. The maximum Gasteiger partial charge on any atom is 0.323 e. The molecule has 0 radical (unpaired) electrons. The Labute approximate surface area is 145 Å². The summed E-state index contributed by atoms with van der Waals surface area (Å²) in [7, 11) is 0. The van der Waals surface area contributed by atoms with Crippen LogP contribution in [-0.2, 0) is 10.2 Å². The van der Waals surface area contributed by atoms with Crippen molar-refractivity contribution in [1.82, 2.24) is 0 Å². The number of carbonyl (C=O) groups excluding carboxylic acids is 2. The van der Waals surface area contributed by atoms with E-state index in [4.69, 9.17) is 5.26 Å². The first-order chi connectivity index (χ1) is 11.9. The standard InChI is InChI=1S/C19H18N4O2/c1-19(2)10-17(24)23-16-9-14(7-8-15(16)19)22-18(25)21-13-5-3-12(11-20)4-6-13/h3-9H,10H2,1-2H3,(H,23,24)(H2,21,22,25). The van der Waals surface area contributed by atoms with Gasteiger partial charge in [0, 0.05) is 28.9 Å². The number of nitriles is 1. The number of fused-ring (bicyclic) bond motifs is 1. The monoisotopic (exact) mass is 334 g/mol. The summed E-state index contributed by atoms with van der Waals surface area (Å²) in [5.74, 6) is -0.0308. The number of rotatable bonds is 2. The molecule has 0 saturated heterocycles. The molecule has 1 aliphatic rings. The molecule has 1 heterocycles. The second-order valence-corrected chi connectivity index (χ2v) is 6.64. The zero-order valence-electron chi connectivity index (χ0n) is 14.0. The van der Waals surface area contributed by atoms with Gasteiger partial charge in [0.25, 0.3) is 0 Å². The molecule has 0 spiro atoms. The van der Waals surface area contributed by atoms with Gasteiger partial charge in [-0.05, 0) is 42.0 Å². The van der Waals surface area contributed by atoms with Gasteiger partial charge in [0.15, 0.2) is 0 Å². The minimum absolute atomic E-state index is 0.0308. The van der Waals surface area contributed by atoms with E-state index in [1.54, 1.807) is 30.3 Å². The molecule has 25 heavy (non-hydrogen) atoms. The highest BCUT2D eigenvalue weighted by Gasteiger charge is 2.31. The first kappa shape index (κ1) is 16.5. The fourth-order valence-corrected chi connectivity index (χ4v) is 2.93. The SMILES string of the molecule is CC1(C)CC(=O)Nc2cc(NC(=O)Nc3ccc(C#N)cc3)ccc21. The van der Waals surface area contributed by atoms with Gasteiger partial charge in [-0.2, -0.15) is 5.26 Å². The van der Waals surface area contributed by atoms with Crippen molar-refractivity contribution in [2.24, 2.45) is 0 Å². The number of anilines is 3. The normalized spacial score (nSPS) is 14.7. The van der Waals surface area contributed by atoms with Gasteiger partial charge in [-0.3, -0.25) is 4.79 Å². The van der Waals surface area contributed by atoms with Gasteiger partial charge in [0.2, 0.25) is 5.91 Å². The first-order valence-electron chi connectivity index (χ1n) is 7.90. The predicted octanol–water partition coefficient (Wildman–Crippen LogP) is 3.82. The van der Waals surface area contributed by atoms with E-state index in [9.17, 15) is 9.59 Å². The second kappa shape index (κ2) is 6.29. The van der Waals surface area contributed by atoms with Crippen molar-refractivity contribution >= 4 is 29.0 Å². The molecule has 0 saturated carbocycles. The Kier molecular flexibility index (Phi) is 4.15. The van der Waals surface area contributed by atoms with Gasteiger partial charge < -0.3 is 16.0 Å². The quantitative estimate of drug-likeness (QED) is 0.779. The van der Waals surface area contributed by atoms with Crippen LogP contribution in [0, 0.1) is 11.3 Å². The van der Waals surface area contributed by atoms with Crippen LogP contribution < -0.4 is 16.0 Å². The summed E-state index contributed by atoms with van der Waals surface area (Å²) in [4.78, 5) is 24.0. The number of nitrogens with zero attached hydrogens (tertiary/aromatic N) is 1. The number of amides is 3. The van der Waals surface area contributed by atoms with E-state index in [0.717, 1.165) is 11.3 Å². The summed E-state index contributed by atoms with van der Waals surface area (Å²) in [5, 5.41) is 17.1. The van der Waals surface area contributed by atoms with E-state index in [1.807, 2.05) is 32.0 Å². The highest BCUT2D eigenvalue weighted by atomic mass is 16.2. The molecule has 0 bridgehead atoms. The summed E-state index contributed by atoms with van der Waals surface area (Å²) in [6.07, 6.45) is 0.436. The van der Waals surface area contributed by atoms with Crippen LogP contribution in [0.25, 0.3) is 0 Å².